The number of rotatable bonds is 5. The second kappa shape index (κ2) is 6.98. The van der Waals surface area contributed by atoms with Crippen LogP contribution >= 0.6 is 12.4 Å². The summed E-state index contributed by atoms with van der Waals surface area (Å²) < 4.78 is 16.1. The maximum atomic E-state index is 6.30. The maximum Gasteiger partial charge on any atom is 0.264 e. The number of hydrogen-bond donors (Lipinski definition) is 1. The summed E-state index contributed by atoms with van der Waals surface area (Å²) in [7, 11) is 1.60. The normalized spacial score (nSPS) is 16.1. The van der Waals surface area contributed by atoms with E-state index in [0.717, 1.165) is 25.7 Å². The predicted octanol–water partition coefficient (Wildman–Crippen LogP) is 2.81. The van der Waals surface area contributed by atoms with E-state index < -0.39 is 5.54 Å². The van der Waals surface area contributed by atoms with Crippen molar-refractivity contribution in [3.05, 3.63) is 36.0 Å². The monoisotopic (exact) mass is 325 g/mol. The van der Waals surface area contributed by atoms with Gasteiger partial charge in [0.05, 0.1) is 12.6 Å². The van der Waals surface area contributed by atoms with E-state index in [-0.39, 0.29) is 19.0 Å². The molecule has 0 radical (unpaired) electrons. The fourth-order valence-corrected chi connectivity index (χ4v) is 2.62. The molecule has 1 aliphatic carbocycles. The summed E-state index contributed by atoms with van der Waals surface area (Å²) in [6.07, 6.45) is 4.02. The SMILES string of the molecule is COc1ccccc1OCc1nc(C2(N)CCCC2)no1.Cl. The number of aromatic nitrogens is 2. The fourth-order valence-electron chi connectivity index (χ4n) is 2.62. The smallest absolute Gasteiger partial charge is 0.264 e. The van der Waals surface area contributed by atoms with E-state index in [1.165, 1.54) is 0 Å². The molecule has 22 heavy (non-hydrogen) atoms. The number of para-hydroxylation sites is 2. The van der Waals surface area contributed by atoms with Gasteiger partial charge in [0.25, 0.3) is 5.89 Å². The van der Waals surface area contributed by atoms with Gasteiger partial charge in [0, 0.05) is 0 Å². The number of nitrogens with two attached hydrogens (primary N) is 1. The molecule has 7 heteroatoms. The van der Waals surface area contributed by atoms with E-state index in [1.807, 2.05) is 24.3 Å². The van der Waals surface area contributed by atoms with Crippen LogP contribution in [0.5, 0.6) is 11.5 Å². The molecule has 0 bridgehead atoms. The van der Waals surface area contributed by atoms with Gasteiger partial charge in [-0.15, -0.1) is 12.4 Å². The van der Waals surface area contributed by atoms with Crippen molar-refractivity contribution in [3.63, 3.8) is 0 Å². The molecule has 2 N–H and O–H groups in total. The number of methoxy groups -OCH3 is 1. The zero-order valence-electron chi connectivity index (χ0n) is 12.4. The summed E-state index contributed by atoms with van der Waals surface area (Å²) in [5, 5.41) is 4.00. The van der Waals surface area contributed by atoms with Crippen LogP contribution in [0.1, 0.15) is 37.4 Å². The van der Waals surface area contributed by atoms with Crippen molar-refractivity contribution in [2.75, 3.05) is 7.11 Å². The summed E-state index contributed by atoms with van der Waals surface area (Å²) in [6, 6.07) is 7.43. The molecule has 0 atom stereocenters. The van der Waals surface area contributed by atoms with Gasteiger partial charge < -0.3 is 19.7 Å². The van der Waals surface area contributed by atoms with Crippen molar-refractivity contribution in [1.29, 1.82) is 0 Å². The lowest BCUT2D eigenvalue weighted by atomic mass is 9.99. The van der Waals surface area contributed by atoms with Gasteiger partial charge in [0.2, 0.25) is 0 Å². The van der Waals surface area contributed by atoms with Crippen molar-refractivity contribution in [3.8, 4) is 11.5 Å². The van der Waals surface area contributed by atoms with Gasteiger partial charge in [0.1, 0.15) is 0 Å². The Morgan fingerprint density at radius 1 is 1.23 bits per heavy atom. The minimum absolute atomic E-state index is 0. The molecule has 2 aromatic rings. The molecule has 1 aromatic carbocycles. The molecule has 1 aliphatic rings. The van der Waals surface area contributed by atoms with Crippen molar-refractivity contribution >= 4 is 12.4 Å². The lowest BCUT2D eigenvalue weighted by Gasteiger charge is -2.17. The van der Waals surface area contributed by atoms with Gasteiger partial charge in [0.15, 0.2) is 23.9 Å². The molecule has 1 fully saturated rings. The highest BCUT2D eigenvalue weighted by atomic mass is 35.5. The largest absolute Gasteiger partial charge is 0.493 e. The molecule has 0 amide bonds. The standard InChI is InChI=1S/C15H19N3O3.ClH/c1-19-11-6-2-3-7-12(11)20-10-13-17-14(18-21-13)15(16)8-4-5-9-15;/h2-3,6-7H,4-5,8-10,16H2,1H3;1H. The number of halogens is 1. The summed E-state index contributed by atoms with van der Waals surface area (Å²) in [5.41, 5.74) is 5.86. The Morgan fingerprint density at radius 3 is 2.59 bits per heavy atom. The van der Waals surface area contributed by atoms with E-state index in [4.69, 9.17) is 19.7 Å². The third-order valence-electron chi connectivity index (χ3n) is 3.83. The number of nitrogens with zero attached hydrogens (tertiary/aromatic N) is 2. The Labute approximate surface area is 135 Å². The van der Waals surface area contributed by atoms with Gasteiger partial charge in [-0.25, -0.2) is 0 Å². The summed E-state index contributed by atoms with van der Waals surface area (Å²) >= 11 is 0. The van der Waals surface area contributed by atoms with Crippen LogP contribution in [0.2, 0.25) is 0 Å². The highest BCUT2D eigenvalue weighted by molar-refractivity contribution is 5.85. The van der Waals surface area contributed by atoms with Crippen molar-refractivity contribution in [1.82, 2.24) is 10.1 Å². The van der Waals surface area contributed by atoms with Crippen LogP contribution in [-0.2, 0) is 12.1 Å². The highest BCUT2D eigenvalue weighted by Gasteiger charge is 2.35. The third kappa shape index (κ3) is 3.34. The Balaban J connectivity index is 0.00000176. The number of hydrogen-bond acceptors (Lipinski definition) is 6. The predicted molar refractivity (Wildman–Crippen MR) is 83.2 cm³/mol. The van der Waals surface area contributed by atoms with Gasteiger partial charge in [-0.05, 0) is 25.0 Å². The van der Waals surface area contributed by atoms with Crippen LogP contribution < -0.4 is 15.2 Å². The molecule has 0 unspecified atom stereocenters. The quantitative estimate of drug-likeness (QED) is 0.910. The van der Waals surface area contributed by atoms with Crippen LogP contribution in [0.4, 0.5) is 0 Å². The van der Waals surface area contributed by atoms with Gasteiger partial charge in [-0.3, -0.25) is 0 Å². The Morgan fingerprint density at radius 2 is 1.91 bits per heavy atom. The molecule has 0 saturated heterocycles. The van der Waals surface area contributed by atoms with E-state index in [0.29, 0.717) is 23.2 Å². The third-order valence-corrected chi connectivity index (χ3v) is 3.83. The summed E-state index contributed by atoms with van der Waals surface area (Å²) in [6.45, 7) is 0.198. The van der Waals surface area contributed by atoms with Crippen molar-refractivity contribution in [2.24, 2.45) is 5.73 Å². The minimum Gasteiger partial charge on any atom is -0.493 e. The molecule has 0 aliphatic heterocycles. The molecular weight excluding hydrogens is 306 g/mol. The highest BCUT2D eigenvalue weighted by Crippen LogP contribution is 2.34. The van der Waals surface area contributed by atoms with E-state index in [1.54, 1.807) is 7.11 Å². The van der Waals surface area contributed by atoms with E-state index >= 15 is 0 Å². The van der Waals surface area contributed by atoms with Gasteiger partial charge in [-0.1, -0.05) is 30.1 Å². The molecular formula is C15H20ClN3O3. The van der Waals surface area contributed by atoms with Crippen LogP contribution in [0.15, 0.2) is 28.8 Å². The first-order valence-electron chi connectivity index (χ1n) is 7.09. The second-order valence-electron chi connectivity index (χ2n) is 5.31. The first kappa shape index (κ1) is 16.6. The summed E-state index contributed by atoms with van der Waals surface area (Å²) in [4.78, 5) is 4.37. The average Bonchev–Trinajstić information content (AvgIpc) is 3.15. The number of ether oxygens (including phenoxy) is 2. The molecule has 1 saturated carbocycles. The lowest BCUT2D eigenvalue weighted by Crippen LogP contribution is -2.34. The molecule has 0 spiro atoms. The van der Waals surface area contributed by atoms with Crippen LogP contribution in [-0.4, -0.2) is 17.3 Å². The van der Waals surface area contributed by atoms with Crippen molar-refractivity contribution in [2.45, 2.75) is 37.8 Å². The zero-order chi connectivity index (χ0) is 14.7. The maximum absolute atomic E-state index is 6.30. The Kier molecular flexibility index (Phi) is 5.26. The first-order chi connectivity index (χ1) is 10.2. The minimum atomic E-state index is -0.438. The van der Waals surface area contributed by atoms with Crippen molar-refractivity contribution < 1.29 is 14.0 Å². The Bertz CT molecular complexity index is 612. The average molecular weight is 326 g/mol. The number of benzene rings is 1. The lowest BCUT2D eigenvalue weighted by molar-refractivity contribution is 0.232. The molecule has 1 heterocycles. The van der Waals surface area contributed by atoms with Crippen LogP contribution in [0.25, 0.3) is 0 Å². The molecule has 120 valence electrons. The van der Waals surface area contributed by atoms with Crippen LogP contribution in [0, 0.1) is 0 Å². The fraction of sp³-hybridized carbons (Fsp3) is 0.467. The van der Waals surface area contributed by atoms with E-state index in [9.17, 15) is 0 Å². The zero-order valence-corrected chi connectivity index (χ0v) is 13.3. The first-order valence-corrected chi connectivity index (χ1v) is 7.09. The Hall–Kier alpha value is -1.79. The molecule has 1 aromatic heterocycles. The molecule has 6 nitrogen and oxygen atoms in total. The van der Waals surface area contributed by atoms with Crippen LogP contribution in [0.3, 0.4) is 0 Å². The molecule has 3 rings (SSSR count). The van der Waals surface area contributed by atoms with E-state index in [2.05, 4.69) is 10.1 Å². The second-order valence-corrected chi connectivity index (χ2v) is 5.31. The van der Waals surface area contributed by atoms with Gasteiger partial charge in [-0.2, -0.15) is 4.98 Å². The van der Waals surface area contributed by atoms with Gasteiger partial charge >= 0.3 is 0 Å². The summed E-state index contributed by atoms with van der Waals surface area (Å²) in [5.74, 6) is 2.32. The topological polar surface area (TPSA) is 83.4 Å².